The van der Waals surface area contributed by atoms with Crippen LogP contribution < -0.4 is 15.0 Å². The lowest BCUT2D eigenvalue weighted by molar-refractivity contribution is 0.197. The number of hydrogen-bond acceptors (Lipinski definition) is 6. The average Bonchev–Trinajstić information content (AvgIpc) is 3.27. The Balaban J connectivity index is 1.60. The Kier molecular flexibility index (Phi) is 5.21. The van der Waals surface area contributed by atoms with Gasteiger partial charge in [-0.2, -0.15) is 5.26 Å². The largest absolute Gasteiger partial charge is 0.474 e. The highest BCUT2D eigenvalue weighted by Crippen LogP contribution is 2.38. The van der Waals surface area contributed by atoms with Crippen LogP contribution in [0.3, 0.4) is 0 Å². The van der Waals surface area contributed by atoms with Crippen LogP contribution in [0.2, 0.25) is 0 Å². The predicted octanol–water partition coefficient (Wildman–Crippen LogP) is 4.73. The summed E-state index contributed by atoms with van der Waals surface area (Å²) >= 11 is 0. The van der Waals surface area contributed by atoms with E-state index in [0.29, 0.717) is 53.8 Å². The number of nitrogens with zero attached hydrogens (tertiary/aromatic N) is 4. The standard InChI is InChI=1S/C24H22FN5O3/c1-13-18(12-29-23-22(13)27-5-6-33-23)17-7-15-9-21(28-11-16(15)8-19(17)25)30(24(31)32)20-4-2-3-14(20)10-26/h7-9,11-12,14,20,27H,2-6H2,1H3,(H,31,32)/t14-,20-/m1/s1. The number of aromatic nitrogens is 2. The second kappa shape index (κ2) is 8.20. The molecule has 1 saturated carbocycles. The number of anilines is 2. The van der Waals surface area contributed by atoms with Gasteiger partial charge in [-0.1, -0.05) is 0 Å². The van der Waals surface area contributed by atoms with E-state index >= 15 is 4.39 Å². The molecule has 3 aromatic rings. The SMILES string of the molecule is Cc1c(-c2cc3cc(N(C(=O)O)[C@@H]4CCC[C@@H]4C#N)ncc3cc2F)cnc2c1NCCO2. The molecule has 0 radical (unpaired) electrons. The Labute approximate surface area is 189 Å². The van der Waals surface area contributed by atoms with Gasteiger partial charge in [0.15, 0.2) is 0 Å². The maximum atomic E-state index is 15.1. The first kappa shape index (κ1) is 20.9. The van der Waals surface area contributed by atoms with Crippen molar-refractivity contribution in [3.63, 3.8) is 0 Å². The van der Waals surface area contributed by atoms with E-state index in [0.717, 1.165) is 17.7 Å². The number of nitrogens with one attached hydrogen (secondary N) is 1. The van der Waals surface area contributed by atoms with E-state index in [1.165, 1.54) is 17.2 Å². The number of rotatable bonds is 3. The van der Waals surface area contributed by atoms with Gasteiger partial charge in [0.05, 0.1) is 18.0 Å². The van der Waals surface area contributed by atoms with Gasteiger partial charge in [-0.05, 0) is 55.3 Å². The number of hydrogen-bond donors (Lipinski definition) is 2. The van der Waals surface area contributed by atoms with E-state index in [-0.39, 0.29) is 11.7 Å². The maximum Gasteiger partial charge on any atom is 0.413 e. The first-order chi connectivity index (χ1) is 16.0. The molecule has 2 aromatic heterocycles. The number of amides is 1. The number of halogens is 1. The zero-order chi connectivity index (χ0) is 23.1. The molecular weight excluding hydrogens is 425 g/mol. The molecule has 1 aliphatic heterocycles. The van der Waals surface area contributed by atoms with Crippen LogP contribution >= 0.6 is 0 Å². The Hall–Kier alpha value is -3.93. The van der Waals surface area contributed by atoms with Crippen LogP contribution in [0.4, 0.5) is 20.7 Å². The molecule has 5 rings (SSSR count). The fourth-order valence-electron chi connectivity index (χ4n) is 4.79. The fourth-order valence-corrected chi connectivity index (χ4v) is 4.79. The fraction of sp³-hybridized carbons (Fsp3) is 0.333. The highest BCUT2D eigenvalue weighted by molar-refractivity contribution is 5.93. The third-order valence-electron chi connectivity index (χ3n) is 6.46. The quantitative estimate of drug-likeness (QED) is 0.597. The van der Waals surface area contributed by atoms with Gasteiger partial charge in [-0.25, -0.2) is 19.2 Å². The van der Waals surface area contributed by atoms with Crippen molar-refractivity contribution in [1.29, 1.82) is 5.26 Å². The molecule has 33 heavy (non-hydrogen) atoms. The summed E-state index contributed by atoms with van der Waals surface area (Å²) in [6.07, 6.45) is 3.96. The zero-order valence-electron chi connectivity index (χ0n) is 18.0. The summed E-state index contributed by atoms with van der Waals surface area (Å²) in [6, 6.07) is 6.49. The molecule has 3 heterocycles. The summed E-state index contributed by atoms with van der Waals surface area (Å²) in [5.41, 5.74) is 2.55. The van der Waals surface area contributed by atoms with Crippen molar-refractivity contribution in [2.45, 2.75) is 32.2 Å². The van der Waals surface area contributed by atoms with Gasteiger partial charge in [0.25, 0.3) is 0 Å². The monoisotopic (exact) mass is 447 g/mol. The number of pyridine rings is 2. The van der Waals surface area contributed by atoms with Gasteiger partial charge < -0.3 is 15.2 Å². The third kappa shape index (κ3) is 3.57. The molecule has 8 nitrogen and oxygen atoms in total. The second-order valence-corrected chi connectivity index (χ2v) is 8.36. The van der Waals surface area contributed by atoms with Gasteiger partial charge >= 0.3 is 6.09 Å². The molecule has 0 unspecified atom stereocenters. The van der Waals surface area contributed by atoms with E-state index in [2.05, 4.69) is 21.4 Å². The van der Waals surface area contributed by atoms with Crippen molar-refractivity contribution in [1.82, 2.24) is 9.97 Å². The lowest BCUT2D eigenvalue weighted by Gasteiger charge is -2.27. The highest BCUT2D eigenvalue weighted by Gasteiger charge is 2.36. The van der Waals surface area contributed by atoms with Crippen LogP contribution in [0.5, 0.6) is 5.88 Å². The summed E-state index contributed by atoms with van der Waals surface area (Å²) in [6.45, 7) is 3.05. The van der Waals surface area contributed by atoms with E-state index in [4.69, 9.17) is 4.74 Å². The number of ether oxygens (including phenoxy) is 1. The van der Waals surface area contributed by atoms with Crippen molar-refractivity contribution in [3.05, 3.63) is 42.0 Å². The lowest BCUT2D eigenvalue weighted by atomic mass is 9.98. The smallest absolute Gasteiger partial charge is 0.413 e. The van der Waals surface area contributed by atoms with Gasteiger partial charge in [0, 0.05) is 35.5 Å². The summed E-state index contributed by atoms with van der Waals surface area (Å²) in [7, 11) is 0. The summed E-state index contributed by atoms with van der Waals surface area (Å²) in [5, 5.41) is 23.8. The van der Waals surface area contributed by atoms with Gasteiger partial charge in [0.1, 0.15) is 23.9 Å². The molecule has 2 N–H and O–H groups in total. The van der Waals surface area contributed by atoms with Crippen molar-refractivity contribution < 1.29 is 19.0 Å². The molecule has 0 bridgehead atoms. The molecule has 2 atom stereocenters. The van der Waals surface area contributed by atoms with Crippen LogP contribution in [-0.2, 0) is 0 Å². The minimum absolute atomic E-state index is 0.232. The van der Waals surface area contributed by atoms with Crippen LogP contribution in [-0.4, -0.2) is 40.4 Å². The van der Waals surface area contributed by atoms with Crippen LogP contribution in [0.25, 0.3) is 21.9 Å². The Morgan fingerprint density at radius 3 is 2.88 bits per heavy atom. The number of nitriles is 1. The Morgan fingerprint density at radius 2 is 2.09 bits per heavy atom. The van der Waals surface area contributed by atoms with Gasteiger partial charge in [-0.15, -0.1) is 0 Å². The Morgan fingerprint density at radius 1 is 1.24 bits per heavy atom. The number of carboxylic acid groups (broad SMARTS) is 1. The van der Waals surface area contributed by atoms with Crippen LogP contribution in [0, 0.1) is 30.0 Å². The zero-order valence-corrected chi connectivity index (χ0v) is 18.0. The van der Waals surface area contributed by atoms with Crippen molar-refractivity contribution in [3.8, 4) is 23.1 Å². The molecule has 1 fully saturated rings. The van der Waals surface area contributed by atoms with E-state index in [1.807, 2.05) is 6.92 Å². The molecule has 1 aliphatic carbocycles. The number of fused-ring (bicyclic) bond motifs is 2. The first-order valence-electron chi connectivity index (χ1n) is 10.9. The third-order valence-corrected chi connectivity index (χ3v) is 6.46. The molecule has 0 spiro atoms. The average molecular weight is 447 g/mol. The van der Waals surface area contributed by atoms with Crippen LogP contribution in [0.1, 0.15) is 24.8 Å². The van der Waals surface area contributed by atoms with Crippen molar-refractivity contribution >= 4 is 28.4 Å². The normalized spacial score (nSPS) is 19.3. The molecule has 0 saturated heterocycles. The van der Waals surface area contributed by atoms with Gasteiger partial charge in [-0.3, -0.25) is 4.90 Å². The number of carbonyl (C=O) groups is 1. The van der Waals surface area contributed by atoms with E-state index in [9.17, 15) is 15.2 Å². The maximum absolute atomic E-state index is 15.1. The molecular formula is C24H22FN5O3. The van der Waals surface area contributed by atoms with E-state index in [1.54, 1.807) is 18.3 Å². The minimum Gasteiger partial charge on any atom is -0.474 e. The minimum atomic E-state index is -1.16. The molecule has 168 valence electrons. The molecule has 1 aromatic carbocycles. The predicted molar refractivity (Wildman–Crippen MR) is 121 cm³/mol. The first-order valence-corrected chi connectivity index (χ1v) is 10.9. The summed E-state index contributed by atoms with van der Waals surface area (Å²) in [5.74, 6) is -0.0682. The van der Waals surface area contributed by atoms with Crippen molar-refractivity contribution in [2.75, 3.05) is 23.4 Å². The molecule has 1 amide bonds. The summed E-state index contributed by atoms with van der Waals surface area (Å²) in [4.78, 5) is 21.9. The topological polar surface area (TPSA) is 111 Å². The number of benzene rings is 1. The molecule has 2 aliphatic rings. The second-order valence-electron chi connectivity index (χ2n) is 8.36. The van der Waals surface area contributed by atoms with Gasteiger partial charge in [0.2, 0.25) is 5.88 Å². The Bertz CT molecular complexity index is 1310. The van der Waals surface area contributed by atoms with Crippen LogP contribution in [0.15, 0.2) is 30.6 Å². The van der Waals surface area contributed by atoms with E-state index < -0.39 is 18.0 Å². The lowest BCUT2D eigenvalue weighted by Crippen LogP contribution is -2.42. The highest BCUT2D eigenvalue weighted by atomic mass is 19.1. The van der Waals surface area contributed by atoms with Crippen molar-refractivity contribution in [2.24, 2.45) is 5.92 Å². The molecule has 9 heteroatoms. The summed E-state index contributed by atoms with van der Waals surface area (Å²) < 4.78 is 20.7.